The van der Waals surface area contributed by atoms with E-state index in [-0.39, 0.29) is 0 Å². The summed E-state index contributed by atoms with van der Waals surface area (Å²) in [5.41, 5.74) is -0.601. The van der Waals surface area contributed by atoms with Crippen LogP contribution in [0.3, 0.4) is 0 Å². The predicted molar refractivity (Wildman–Crippen MR) is 89.3 cm³/mol. The topological polar surface area (TPSA) is 41.5 Å². The van der Waals surface area contributed by atoms with Crippen molar-refractivity contribution >= 4 is 23.4 Å². The van der Waals surface area contributed by atoms with Gasteiger partial charge in [-0.3, -0.25) is 0 Å². The fraction of sp³-hybridized carbons (Fsp3) is 0.625. The monoisotopic (exact) mass is 329 g/mol. The van der Waals surface area contributed by atoms with Crippen molar-refractivity contribution in [3.63, 3.8) is 0 Å². The van der Waals surface area contributed by atoms with Crippen molar-refractivity contribution in [2.75, 3.05) is 25.5 Å². The number of ether oxygens (including phenoxy) is 1. The van der Waals surface area contributed by atoms with Crippen molar-refractivity contribution in [2.45, 2.75) is 42.7 Å². The number of benzene rings is 1. The Morgan fingerprint density at radius 1 is 1.33 bits per heavy atom. The van der Waals surface area contributed by atoms with Crippen molar-refractivity contribution < 1.29 is 9.84 Å². The van der Waals surface area contributed by atoms with E-state index in [9.17, 15) is 5.11 Å². The maximum Gasteiger partial charge on any atom is 0.0815 e. The van der Waals surface area contributed by atoms with E-state index in [1.54, 1.807) is 0 Å². The van der Waals surface area contributed by atoms with Gasteiger partial charge in [0, 0.05) is 54.3 Å². The molecule has 1 aromatic rings. The smallest absolute Gasteiger partial charge is 0.0815 e. The van der Waals surface area contributed by atoms with E-state index in [2.05, 4.69) is 12.2 Å². The molecule has 1 aromatic carbocycles. The third-order valence-corrected chi connectivity index (χ3v) is 5.33. The Morgan fingerprint density at radius 2 is 2.00 bits per heavy atom. The number of nitrogens with one attached hydrogen (secondary N) is 1. The Hall–Kier alpha value is -0.260. The summed E-state index contributed by atoms with van der Waals surface area (Å²) < 4.78 is 5.31. The molecule has 1 atom stereocenters. The lowest BCUT2D eigenvalue weighted by Gasteiger charge is -2.33. The molecule has 1 aliphatic rings. The van der Waals surface area contributed by atoms with Crippen LogP contribution in [0.2, 0.25) is 5.02 Å². The lowest BCUT2D eigenvalue weighted by Crippen LogP contribution is -2.48. The number of aliphatic hydroxyl groups is 1. The molecule has 3 nitrogen and oxygen atoms in total. The second kappa shape index (κ2) is 8.39. The van der Waals surface area contributed by atoms with Crippen LogP contribution in [0.15, 0.2) is 29.2 Å². The highest BCUT2D eigenvalue weighted by Crippen LogP contribution is 2.23. The fourth-order valence-corrected chi connectivity index (χ4v) is 3.51. The first-order valence-electron chi connectivity index (χ1n) is 7.53. The van der Waals surface area contributed by atoms with E-state index in [1.807, 2.05) is 36.0 Å². The molecule has 0 bridgehead atoms. The molecule has 0 radical (unpaired) electrons. The highest BCUT2D eigenvalue weighted by atomic mass is 35.5. The van der Waals surface area contributed by atoms with Gasteiger partial charge in [0.2, 0.25) is 0 Å². The molecular weight excluding hydrogens is 306 g/mol. The zero-order chi connectivity index (χ0) is 15.1. The third-order valence-electron chi connectivity index (χ3n) is 3.90. The van der Waals surface area contributed by atoms with Crippen LogP contribution in [0.5, 0.6) is 0 Å². The zero-order valence-corrected chi connectivity index (χ0v) is 14.1. The third kappa shape index (κ3) is 5.80. The van der Waals surface area contributed by atoms with E-state index in [0.717, 1.165) is 30.0 Å². The molecule has 1 heterocycles. The summed E-state index contributed by atoms with van der Waals surface area (Å²) >= 11 is 7.71. The number of rotatable bonds is 7. The van der Waals surface area contributed by atoms with Gasteiger partial charge in [0.05, 0.1) is 5.60 Å². The summed E-state index contributed by atoms with van der Waals surface area (Å²) in [6.45, 7) is 4.15. The maximum absolute atomic E-state index is 10.5. The van der Waals surface area contributed by atoms with Crippen molar-refractivity contribution in [3.8, 4) is 0 Å². The molecule has 0 amide bonds. The van der Waals surface area contributed by atoms with Crippen molar-refractivity contribution in [2.24, 2.45) is 0 Å². The Kier molecular flexibility index (Phi) is 6.83. The van der Waals surface area contributed by atoms with Crippen LogP contribution in [-0.4, -0.2) is 42.3 Å². The standard InChI is InChI=1S/C16H24ClNO2S/c1-2-14(11-21-15-5-3-13(17)4-6-15)18-12-16(19)7-9-20-10-8-16/h3-6,14,18-19H,2,7-12H2,1H3. The normalized spacial score (nSPS) is 19.4. The fourth-order valence-electron chi connectivity index (χ4n) is 2.31. The Labute approximate surface area is 136 Å². The van der Waals surface area contributed by atoms with Crippen LogP contribution >= 0.6 is 23.4 Å². The minimum atomic E-state index is -0.601. The molecule has 0 aliphatic carbocycles. The van der Waals surface area contributed by atoms with Crippen molar-refractivity contribution in [1.82, 2.24) is 5.32 Å². The van der Waals surface area contributed by atoms with Gasteiger partial charge < -0.3 is 15.2 Å². The average Bonchev–Trinajstić information content (AvgIpc) is 2.50. The first kappa shape index (κ1) is 17.1. The van der Waals surface area contributed by atoms with Gasteiger partial charge in [0.15, 0.2) is 0 Å². The van der Waals surface area contributed by atoms with Gasteiger partial charge in [-0.2, -0.15) is 0 Å². The maximum atomic E-state index is 10.5. The van der Waals surface area contributed by atoms with E-state index in [0.29, 0.717) is 25.8 Å². The first-order chi connectivity index (χ1) is 10.1. The average molecular weight is 330 g/mol. The molecule has 0 saturated carbocycles. The molecule has 1 unspecified atom stereocenters. The first-order valence-corrected chi connectivity index (χ1v) is 8.89. The summed E-state index contributed by atoms with van der Waals surface area (Å²) in [5.74, 6) is 0.991. The van der Waals surface area contributed by atoms with Gasteiger partial charge in [-0.15, -0.1) is 11.8 Å². The Balaban J connectivity index is 1.76. The summed E-state index contributed by atoms with van der Waals surface area (Å²) in [5, 5.41) is 14.7. The van der Waals surface area contributed by atoms with E-state index < -0.39 is 5.60 Å². The minimum Gasteiger partial charge on any atom is -0.388 e. The molecule has 5 heteroatoms. The molecule has 1 fully saturated rings. The minimum absolute atomic E-state index is 0.401. The van der Waals surface area contributed by atoms with Crippen molar-refractivity contribution in [3.05, 3.63) is 29.3 Å². The number of hydrogen-bond acceptors (Lipinski definition) is 4. The highest BCUT2D eigenvalue weighted by molar-refractivity contribution is 7.99. The van der Waals surface area contributed by atoms with Crippen LogP contribution in [0.25, 0.3) is 0 Å². The number of hydrogen-bond donors (Lipinski definition) is 2. The summed E-state index contributed by atoms with van der Waals surface area (Å²) in [7, 11) is 0. The summed E-state index contributed by atoms with van der Waals surface area (Å²) in [6, 6.07) is 8.33. The SMILES string of the molecule is CCC(CSc1ccc(Cl)cc1)NCC1(O)CCOCC1. The van der Waals surface area contributed by atoms with Crippen molar-refractivity contribution in [1.29, 1.82) is 0 Å². The van der Waals surface area contributed by atoms with Gasteiger partial charge in [-0.25, -0.2) is 0 Å². The lowest BCUT2D eigenvalue weighted by atomic mass is 9.94. The van der Waals surface area contributed by atoms with Gasteiger partial charge >= 0.3 is 0 Å². The Bertz CT molecular complexity index is 421. The molecule has 2 rings (SSSR count). The van der Waals surface area contributed by atoms with Crippen LogP contribution in [-0.2, 0) is 4.74 Å². The lowest BCUT2D eigenvalue weighted by molar-refractivity contribution is -0.0625. The molecule has 1 aliphatic heterocycles. The Morgan fingerprint density at radius 3 is 2.62 bits per heavy atom. The summed E-state index contributed by atoms with van der Waals surface area (Å²) in [4.78, 5) is 1.23. The van der Waals surface area contributed by atoms with Crippen LogP contribution in [0.1, 0.15) is 26.2 Å². The predicted octanol–water partition coefficient (Wildman–Crippen LogP) is 3.34. The van der Waals surface area contributed by atoms with Gasteiger partial charge in [0.25, 0.3) is 0 Å². The van der Waals surface area contributed by atoms with E-state index >= 15 is 0 Å². The van der Waals surface area contributed by atoms with E-state index in [4.69, 9.17) is 16.3 Å². The summed E-state index contributed by atoms with van der Waals surface area (Å²) in [6.07, 6.45) is 2.49. The molecule has 1 saturated heterocycles. The van der Waals surface area contributed by atoms with Gasteiger partial charge in [0.1, 0.15) is 0 Å². The number of thioether (sulfide) groups is 1. The molecule has 0 aromatic heterocycles. The molecule has 21 heavy (non-hydrogen) atoms. The highest BCUT2D eigenvalue weighted by Gasteiger charge is 2.29. The largest absolute Gasteiger partial charge is 0.388 e. The van der Waals surface area contributed by atoms with Gasteiger partial charge in [-0.05, 0) is 30.7 Å². The zero-order valence-electron chi connectivity index (χ0n) is 12.5. The second-order valence-corrected chi connectivity index (χ2v) is 7.12. The van der Waals surface area contributed by atoms with Gasteiger partial charge in [-0.1, -0.05) is 18.5 Å². The quantitative estimate of drug-likeness (QED) is 0.753. The van der Waals surface area contributed by atoms with Crippen LogP contribution in [0, 0.1) is 0 Å². The second-order valence-electron chi connectivity index (χ2n) is 5.59. The van der Waals surface area contributed by atoms with Crippen LogP contribution in [0.4, 0.5) is 0 Å². The molecule has 0 spiro atoms. The van der Waals surface area contributed by atoms with E-state index in [1.165, 1.54) is 4.90 Å². The number of halogens is 1. The molecular formula is C16H24ClNO2S. The molecule has 118 valence electrons. The molecule has 2 N–H and O–H groups in total. The van der Waals surface area contributed by atoms with Crippen LogP contribution < -0.4 is 5.32 Å².